The normalized spacial score (nSPS) is 18.7. The maximum atomic E-state index is 12.1. The second kappa shape index (κ2) is 5.83. The van der Waals surface area contributed by atoms with Gasteiger partial charge in [-0.25, -0.2) is 9.67 Å². The molecule has 1 amide bonds. The summed E-state index contributed by atoms with van der Waals surface area (Å²) in [6.45, 7) is 1.75. The van der Waals surface area contributed by atoms with Crippen molar-refractivity contribution in [1.29, 1.82) is 0 Å². The van der Waals surface area contributed by atoms with E-state index in [0.717, 1.165) is 31.7 Å². The number of carbonyl (C=O) groups is 1. The van der Waals surface area contributed by atoms with Gasteiger partial charge < -0.3 is 10.6 Å². The highest BCUT2D eigenvalue weighted by atomic mass is 16.1. The van der Waals surface area contributed by atoms with Crippen LogP contribution in [0.25, 0.3) is 5.82 Å². The fraction of sp³-hybridized carbons (Fsp3) is 0.357. The molecule has 0 aromatic carbocycles. The summed E-state index contributed by atoms with van der Waals surface area (Å²) in [5, 5.41) is 10.4. The van der Waals surface area contributed by atoms with Crippen LogP contribution in [-0.4, -0.2) is 33.8 Å². The summed E-state index contributed by atoms with van der Waals surface area (Å²) < 4.78 is 1.65. The number of aromatic nitrogens is 3. The van der Waals surface area contributed by atoms with Gasteiger partial charge in [-0.3, -0.25) is 4.79 Å². The Balaban J connectivity index is 1.66. The van der Waals surface area contributed by atoms with Crippen LogP contribution in [0.4, 0.5) is 5.69 Å². The molecule has 1 unspecified atom stereocenters. The average Bonchev–Trinajstić information content (AvgIpc) is 2.97. The van der Waals surface area contributed by atoms with Crippen LogP contribution in [0, 0.1) is 5.92 Å². The maximum absolute atomic E-state index is 12.1. The van der Waals surface area contributed by atoms with Crippen molar-refractivity contribution in [3.05, 3.63) is 36.8 Å². The number of hydrogen-bond donors (Lipinski definition) is 2. The van der Waals surface area contributed by atoms with Crippen LogP contribution < -0.4 is 10.6 Å². The number of amides is 1. The molecule has 20 heavy (non-hydrogen) atoms. The molecule has 0 aliphatic carbocycles. The van der Waals surface area contributed by atoms with Crippen LogP contribution in [0.5, 0.6) is 0 Å². The van der Waals surface area contributed by atoms with Gasteiger partial charge in [-0.1, -0.05) is 6.07 Å². The van der Waals surface area contributed by atoms with E-state index in [2.05, 4.69) is 20.7 Å². The number of nitrogens with one attached hydrogen (secondary N) is 2. The first-order valence-corrected chi connectivity index (χ1v) is 6.80. The molecular formula is C14H17N5O. The van der Waals surface area contributed by atoms with Crippen molar-refractivity contribution in [2.45, 2.75) is 12.8 Å². The molecule has 1 atom stereocenters. The molecule has 1 fully saturated rings. The van der Waals surface area contributed by atoms with E-state index in [0.29, 0.717) is 5.69 Å². The highest BCUT2D eigenvalue weighted by molar-refractivity contribution is 5.92. The molecule has 1 saturated heterocycles. The van der Waals surface area contributed by atoms with Gasteiger partial charge in [0, 0.05) is 12.7 Å². The van der Waals surface area contributed by atoms with Gasteiger partial charge in [0.2, 0.25) is 5.91 Å². The first kappa shape index (κ1) is 12.8. The van der Waals surface area contributed by atoms with E-state index >= 15 is 0 Å². The Bertz CT molecular complexity index is 574. The molecule has 2 N–H and O–H groups in total. The lowest BCUT2D eigenvalue weighted by Crippen LogP contribution is -2.37. The SMILES string of the molecule is O=C(Nc1cnn(-c2ccccn2)c1)C1CCCNC1. The molecule has 6 heteroatoms. The standard InChI is InChI=1S/C14H17N5O/c20-14(11-4-3-6-15-8-11)18-12-9-17-19(10-12)13-5-1-2-7-16-13/h1-2,5,7,9-11,15H,3-4,6,8H2,(H,18,20). The minimum atomic E-state index is 0.0435. The third kappa shape index (κ3) is 2.85. The first-order chi connectivity index (χ1) is 9.83. The molecule has 1 aliphatic heterocycles. The largest absolute Gasteiger partial charge is 0.323 e. The Hall–Kier alpha value is -2.21. The number of hydrogen-bond acceptors (Lipinski definition) is 4. The Morgan fingerprint density at radius 1 is 1.45 bits per heavy atom. The molecule has 0 radical (unpaired) electrons. The van der Waals surface area contributed by atoms with Gasteiger partial charge in [-0.15, -0.1) is 0 Å². The molecule has 0 bridgehead atoms. The zero-order valence-corrected chi connectivity index (χ0v) is 11.1. The Morgan fingerprint density at radius 2 is 2.40 bits per heavy atom. The molecule has 0 saturated carbocycles. The van der Waals surface area contributed by atoms with E-state index in [-0.39, 0.29) is 11.8 Å². The summed E-state index contributed by atoms with van der Waals surface area (Å²) in [6.07, 6.45) is 7.11. The molecule has 3 heterocycles. The average molecular weight is 271 g/mol. The summed E-state index contributed by atoms with van der Waals surface area (Å²) in [5.41, 5.74) is 0.700. The predicted octanol–water partition coefficient (Wildman–Crippen LogP) is 1.21. The van der Waals surface area contributed by atoms with Crippen LogP contribution >= 0.6 is 0 Å². The van der Waals surface area contributed by atoms with Crippen LogP contribution in [0.1, 0.15) is 12.8 Å². The van der Waals surface area contributed by atoms with Crippen molar-refractivity contribution in [2.24, 2.45) is 5.92 Å². The second-order valence-electron chi connectivity index (χ2n) is 4.89. The van der Waals surface area contributed by atoms with E-state index in [1.54, 1.807) is 23.3 Å². The molecule has 104 valence electrons. The maximum Gasteiger partial charge on any atom is 0.228 e. The van der Waals surface area contributed by atoms with Crippen molar-refractivity contribution >= 4 is 11.6 Å². The minimum Gasteiger partial charge on any atom is -0.323 e. The fourth-order valence-electron chi connectivity index (χ4n) is 2.32. The van der Waals surface area contributed by atoms with Crippen molar-refractivity contribution in [1.82, 2.24) is 20.1 Å². The van der Waals surface area contributed by atoms with E-state index < -0.39 is 0 Å². The van der Waals surface area contributed by atoms with Gasteiger partial charge in [0.05, 0.1) is 24.0 Å². The lowest BCUT2D eigenvalue weighted by atomic mass is 9.99. The highest BCUT2D eigenvalue weighted by Crippen LogP contribution is 2.14. The van der Waals surface area contributed by atoms with E-state index in [9.17, 15) is 4.79 Å². The second-order valence-corrected chi connectivity index (χ2v) is 4.89. The third-order valence-corrected chi connectivity index (χ3v) is 3.40. The van der Waals surface area contributed by atoms with E-state index in [1.165, 1.54) is 0 Å². The van der Waals surface area contributed by atoms with Gasteiger partial charge in [-0.2, -0.15) is 5.10 Å². The predicted molar refractivity (Wildman–Crippen MR) is 75.6 cm³/mol. The fourth-order valence-corrected chi connectivity index (χ4v) is 2.32. The monoisotopic (exact) mass is 271 g/mol. The van der Waals surface area contributed by atoms with E-state index in [4.69, 9.17) is 0 Å². The molecule has 6 nitrogen and oxygen atoms in total. The number of piperidine rings is 1. The number of pyridine rings is 1. The number of anilines is 1. The van der Waals surface area contributed by atoms with Gasteiger partial charge in [-0.05, 0) is 31.5 Å². The molecule has 1 aliphatic rings. The third-order valence-electron chi connectivity index (χ3n) is 3.40. The van der Waals surface area contributed by atoms with Crippen LogP contribution in [0.3, 0.4) is 0 Å². The number of rotatable bonds is 3. The summed E-state index contributed by atoms with van der Waals surface area (Å²) in [6, 6.07) is 5.62. The van der Waals surface area contributed by atoms with Crippen molar-refractivity contribution < 1.29 is 4.79 Å². The topological polar surface area (TPSA) is 71.8 Å². The zero-order valence-electron chi connectivity index (χ0n) is 11.1. The van der Waals surface area contributed by atoms with Crippen LogP contribution in [0.2, 0.25) is 0 Å². The van der Waals surface area contributed by atoms with Crippen molar-refractivity contribution in [2.75, 3.05) is 18.4 Å². The summed E-state index contributed by atoms with van der Waals surface area (Å²) in [5.74, 6) is 0.826. The van der Waals surface area contributed by atoms with Gasteiger partial charge in [0.15, 0.2) is 5.82 Å². The quantitative estimate of drug-likeness (QED) is 0.880. The smallest absolute Gasteiger partial charge is 0.228 e. The lowest BCUT2D eigenvalue weighted by Gasteiger charge is -2.21. The number of carbonyl (C=O) groups excluding carboxylic acids is 1. The number of nitrogens with zero attached hydrogens (tertiary/aromatic N) is 3. The minimum absolute atomic E-state index is 0.0435. The van der Waals surface area contributed by atoms with Gasteiger partial charge >= 0.3 is 0 Å². The van der Waals surface area contributed by atoms with Crippen LogP contribution in [-0.2, 0) is 4.79 Å². The Morgan fingerprint density at radius 3 is 3.15 bits per heavy atom. The van der Waals surface area contributed by atoms with Gasteiger partial charge in [0.25, 0.3) is 0 Å². The van der Waals surface area contributed by atoms with E-state index in [1.807, 2.05) is 18.2 Å². The molecule has 2 aromatic heterocycles. The molecule has 3 rings (SSSR count). The van der Waals surface area contributed by atoms with Crippen molar-refractivity contribution in [3.8, 4) is 5.82 Å². The summed E-state index contributed by atoms with van der Waals surface area (Å²) in [4.78, 5) is 16.3. The Kier molecular flexibility index (Phi) is 3.73. The van der Waals surface area contributed by atoms with Crippen LogP contribution in [0.15, 0.2) is 36.8 Å². The van der Waals surface area contributed by atoms with Crippen molar-refractivity contribution in [3.63, 3.8) is 0 Å². The molecular weight excluding hydrogens is 254 g/mol. The van der Waals surface area contributed by atoms with Gasteiger partial charge in [0.1, 0.15) is 0 Å². The summed E-state index contributed by atoms with van der Waals surface area (Å²) in [7, 11) is 0. The zero-order chi connectivity index (χ0) is 13.8. The first-order valence-electron chi connectivity index (χ1n) is 6.80. The molecule has 0 spiro atoms. The Labute approximate surface area is 117 Å². The molecule has 2 aromatic rings. The summed E-state index contributed by atoms with van der Waals surface area (Å²) >= 11 is 0. The highest BCUT2D eigenvalue weighted by Gasteiger charge is 2.21. The lowest BCUT2D eigenvalue weighted by molar-refractivity contribution is -0.120.